The summed E-state index contributed by atoms with van der Waals surface area (Å²) >= 11 is 5.00. The molecule has 0 radical (unpaired) electrons. The van der Waals surface area contributed by atoms with Crippen LogP contribution in [0, 0.1) is 6.92 Å². The van der Waals surface area contributed by atoms with Crippen molar-refractivity contribution in [1.82, 2.24) is 0 Å². The summed E-state index contributed by atoms with van der Waals surface area (Å²) in [6.07, 6.45) is 0. The fourth-order valence-electron chi connectivity index (χ4n) is 1.79. The second-order valence-electron chi connectivity index (χ2n) is 3.94. The van der Waals surface area contributed by atoms with Crippen LogP contribution in [0.5, 0.6) is 0 Å². The van der Waals surface area contributed by atoms with E-state index in [4.69, 9.17) is 22.7 Å². The first-order valence-corrected chi connectivity index (χ1v) is 6.15. The van der Waals surface area contributed by atoms with Gasteiger partial charge in [-0.1, -0.05) is 12.2 Å². The van der Waals surface area contributed by atoms with Crippen molar-refractivity contribution in [3.63, 3.8) is 0 Å². The first kappa shape index (κ1) is 13.9. The summed E-state index contributed by atoms with van der Waals surface area (Å²) in [5.41, 5.74) is 8.90. The van der Waals surface area contributed by atoms with Gasteiger partial charge >= 0.3 is 0 Å². The molecule has 4 heteroatoms. The molecule has 0 fully saturated rings. The van der Waals surface area contributed by atoms with Crippen molar-refractivity contribution in [3.8, 4) is 0 Å². The van der Waals surface area contributed by atoms with Crippen molar-refractivity contribution in [3.05, 3.63) is 29.3 Å². The highest BCUT2D eigenvalue weighted by Gasteiger charge is 2.07. The van der Waals surface area contributed by atoms with Crippen LogP contribution >= 0.6 is 12.2 Å². The highest BCUT2D eigenvalue weighted by atomic mass is 32.1. The molecule has 0 aliphatic rings. The molecule has 1 aromatic carbocycles. The maximum Gasteiger partial charge on any atom is 0.104 e. The molecule has 0 atom stereocenters. The van der Waals surface area contributed by atoms with Crippen molar-refractivity contribution in [1.29, 1.82) is 0 Å². The summed E-state index contributed by atoms with van der Waals surface area (Å²) in [7, 11) is 1.72. The Morgan fingerprint density at radius 2 is 2.18 bits per heavy atom. The SMILES string of the molecule is CCN(CCOC)c1ccc(C(N)=S)c(C)c1. The Kier molecular flexibility index (Phi) is 5.38. The molecule has 0 aromatic heterocycles. The summed E-state index contributed by atoms with van der Waals surface area (Å²) < 4.78 is 5.11. The van der Waals surface area contributed by atoms with Gasteiger partial charge in [-0.15, -0.1) is 0 Å². The number of hydrogen-bond donors (Lipinski definition) is 1. The molecule has 17 heavy (non-hydrogen) atoms. The summed E-state index contributed by atoms with van der Waals surface area (Å²) in [4.78, 5) is 2.72. The first-order valence-electron chi connectivity index (χ1n) is 5.74. The van der Waals surface area contributed by atoms with E-state index >= 15 is 0 Å². The second-order valence-corrected chi connectivity index (χ2v) is 4.38. The lowest BCUT2D eigenvalue weighted by Gasteiger charge is -2.23. The number of nitrogens with two attached hydrogens (primary N) is 1. The van der Waals surface area contributed by atoms with Crippen LogP contribution < -0.4 is 10.6 Å². The highest BCUT2D eigenvalue weighted by molar-refractivity contribution is 7.80. The highest BCUT2D eigenvalue weighted by Crippen LogP contribution is 2.19. The molecule has 0 amide bonds. The number of anilines is 1. The predicted octanol–water partition coefficient (Wildman–Crippen LogP) is 2.10. The van der Waals surface area contributed by atoms with E-state index in [2.05, 4.69) is 24.0 Å². The minimum Gasteiger partial charge on any atom is -0.389 e. The molecule has 0 unspecified atom stereocenters. The van der Waals surface area contributed by atoms with E-state index in [9.17, 15) is 0 Å². The largest absolute Gasteiger partial charge is 0.389 e. The molecular formula is C13H20N2OS. The number of thiocarbonyl (C=S) groups is 1. The number of rotatable bonds is 6. The van der Waals surface area contributed by atoms with E-state index in [1.54, 1.807) is 7.11 Å². The number of nitrogens with zero attached hydrogens (tertiary/aromatic N) is 1. The quantitative estimate of drug-likeness (QED) is 0.787. The summed E-state index contributed by atoms with van der Waals surface area (Å²) in [6, 6.07) is 6.16. The van der Waals surface area contributed by atoms with Gasteiger partial charge in [-0.3, -0.25) is 0 Å². The molecule has 1 aromatic rings. The van der Waals surface area contributed by atoms with Crippen molar-refractivity contribution in [2.24, 2.45) is 5.73 Å². The summed E-state index contributed by atoms with van der Waals surface area (Å²) in [5, 5.41) is 0. The van der Waals surface area contributed by atoms with E-state index < -0.39 is 0 Å². The van der Waals surface area contributed by atoms with Gasteiger partial charge in [-0.2, -0.15) is 0 Å². The smallest absolute Gasteiger partial charge is 0.104 e. The Hall–Kier alpha value is -1.13. The van der Waals surface area contributed by atoms with Crippen molar-refractivity contribution in [2.75, 3.05) is 31.7 Å². The third-order valence-electron chi connectivity index (χ3n) is 2.79. The standard InChI is InChI=1S/C13H20N2OS/c1-4-15(7-8-16-3)11-5-6-12(13(14)17)10(2)9-11/h5-6,9H,4,7-8H2,1-3H3,(H2,14,17). The van der Waals surface area contributed by atoms with Crippen LogP contribution in [-0.4, -0.2) is 31.8 Å². The Morgan fingerprint density at radius 3 is 2.65 bits per heavy atom. The Labute approximate surface area is 109 Å². The first-order chi connectivity index (χ1) is 8.10. The van der Waals surface area contributed by atoms with Gasteiger partial charge in [0, 0.05) is 31.5 Å². The van der Waals surface area contributed by atoms with Gasteiger partial charge in [-0.05, 0) is 37.6 Å². The average Bonchev–Trinajstić information content (AvgIpc) is 2.29. The normalized spacial score (nSPS) is 10.3. The molecular weight excluding hydrogens is 232 g/mol. The molecule has 0 heterocycles. The van der Waals surface area contributed by atoms with Gasteiger partial charge in [0.2, 0.25) is 0 Å². The maximum absolute atomic E-state index is 5.65. The fourth-order valence-corrected chi connectivity index (χ4v) is 2.02. The third-order valence-corrected chi connectivity index (χ3v) is 3.01. The third kappa shape index (κ3) is 3.68. The van der Waals surface area contributed by atoms with Crippen molar-refractivity contribution < 1.29 is 4.74 Å². The zero-order valence-electron chi connectivity index (χ0n) is 10.7. The molecule has 0 aliphatic heterocycles. The lowest BCUT2D eigenvalue weighted by atomic mass is 10.1. The van der Waals surface area contributed by atoms with Crippen LogP contribution in [0.3, 0.4) is 0 Å². The van der Waals surface area contributed by atoms with E-state index in [1.165, 1.54) is 5.69 Å². The maximum atomic E-state index is 5.65. The monoisotopic (exact) mass is 252 g/mol. The van der Waals surface area contributed by atoms with Gasteiger partial charge in [0.05, 0.1) is 6.61 Å². The van der Waals surface area contributed by atoms with Crippen LogP contribution in [0.15, 0.2) is 18.2 Å². The Morgan fingerprint density at radius 1 is 1.47 bits per heavy atom. The molecule has 0 saturated heterocycles. The van der Waals surface area contributed by atoms with Crippen molar-refractivity contribution >= 4 is 22.9 Å². The zero-order valence-corrected chi connectivity index (χ0v) is 11.5. The molecule has 3 nitrogen and oxygen atoms in total. The number of ether oxygens (including phenoxy) is 1. The number of benzene rings is 1. The lowest BCUT2D eigenvalue weighted by molar-refractivity contribution is 0.205. The van der Waals surface area contributed by atoms with Gasteiger partial charge < -0.3 is 15.4 Å². The number of likely N-dealkylation sites (N-methyl/N-ethyl adjacent to an activating group) is 1. The van der Waals surface area contributed by atoms with E-state index in [1.807, 2.05) is 13.0 Å². The van der Waals surface area contributed by atoms with Crippen molar-refractivity contribution in [2.45, 2.75) is 13.8 Å². The minimum absolute atomic E-state index is 0.453. The predicted molar refractivity (Wildman–Crippen MR) is 76.8 cm³/mol. The Bertz CT molecular complexity index is 393. The molecule has 0 aliphatic carbocycles. The van der Waals surface area contributed by atoms with Crippen LogP contribution in [0.1, 0.15) is 18.1 Å². The van der Waals surface area contributed by atoms with Gasteiger partial charge in [-0.25, -0.2) is 0 Å². The summed E-state index contributed by atoms with van der Waals surface area (Å²) in [5.74, 6) is 0. The topological polar surface area (TPSA) is 38.5 Å². The average molecular weight is 252 g/mol. The van der Waals surface area contributed by atoms with E-state index in [-0.39, 0.29) is 0 Å². The van der Waals surface area contributed by atoms with E-state index in [0.29, 0.717) is 4.99 Å². The lowest BCUT2D eigenvalue weighted by Crippen LogP contribution is -2.27. The number of methoxy groups -OCH3 is 1. The molecule has 1 rings (SSSR count). The van der Waals surface area contributed by atoms with E-state index in [0.717, 1.165) is 30.8 Å². The molecule has 94 valence electrons. The second kappa shape index (κ2) is 6.57. The summed E-state index contributed by atoms with van der Waals surface area (Å²) in [6.45, 7) is 6.73. The fraction of sp³-hybridized carbons (Fsp3) is 0.462. The zero-order chi connectivity index (χ0) is 12.8. The molecule has 2 N–H and O–H groups in total. The van der Waals surface area contributed by atoms with Crippen LogP contribution in [-0.2, 0) is 4.74 Å². The molecule has 0 saturated carbocycles. The van der Waals surface area contributed by atoms with Gasteiger partial charge in [0.15, 0.2) is 0 Å². The molecule has 0 spiro atoms. The Balaban J connectivity index is 2.90. The van der Waals surface area contributed by atoms with Gasteiger partial charge in [0.1, 0.15) is 4.99 Å². The number of aryl methyl sites for hydroxylation is 1. The van der Waals surface area contributed by atoms with Crippen LogP contribution in [0.25, 0.3) is 0 Å². The number of hydrogen-bond acceptors (Lipinski definition) is 3. The molecule has 0 bridgehead atoms. The van der Waals surface area contributed by atoms with Gasteiger partial charge in [0.25, 0.3) is 0 Å². The van der Waals surface area contributed by atoms with Crippen LogP contribution in [0.2, 0.25) is 0 Å². The minimum atomic E-state index is 0.453. The van der Waals surface area contributed by atoms with Crippen LogP contribution in [0.4, 0.5) is 5.69 Å².